The van der Waals surface area contributed by atoms with Crippen molar-refractivity contribution >= 4 is 0 Å². The summed E-state index contributed by atoms with van der Waals surface area (Å²) in [5, 5.41) is 0. The molecule has 0 aliphatic carbocycles. The summed E-state index contributed by atoms with van der Waals surface area (Å²) in [7, 11) is 0. The van der Waals surface area contributed by atoms with Crippen molar-refractivity contribution in [1.29, 1.82) is 0 Å². The van der Waals surface area contributed by atoms with Gasteiger partial charge in [0.25, 0.3) is 0 Å². The Morgan fingerprint density at radius 2 is 2.18 bits per heavy atom. The van der Waals surface area contributed by atoms with Crippen LogP contribution in [0.4, 0.5) is 0 Å². The summed E-state index contributed by atoms with van der Waals surface area (Å²) in [6, 6.07) is 1.19. The molecule has 2 aliphatic heterocycles. The van der Waals surface area contributed by atoms with Gasteiger partial charge in [-0.05, 0) is 6.92 Å². The van der Waals surface area contributed by atoms with E-state index in [4.69, 9.17) is 9.47 Å². The third-order valence-electron chi connectivity index (χ3n) is 2.40. The topological polar surface area (TPSA) is 21.7 Å². The molecule has 0 amide bonds. The van der Waals surface area contributed by atoms with E-state index < -0.39 is 0 Å². The lowest BCUT2D eigenvalue weighted by Gasteiger charge is -2.42. The first-order valence-electron chi connectivity index (χ1n) is 4.14. The molecular weight excluding hydrogens is 142 g/mol. The van der Waals surface area contributed by atoms with Gasteiger partial charge in [-0.1, -0.05) is 0 Å². The van der Waals surface area contributed by atoms with Gasteiger partial charge in [0.15, 0.2) is 0 Å². The minimum Gasteiger partial charge on any atom is -0.378 e. The van der Waals surface area contributed by atoms with Crippen LogP contribution in [-0.4, -0.2) is 43.3 Å². The van der Waals surface area contributed by atoms with Gasteiger partial charge in [-0.25, -0.2) is 0 Å². The van der Waals surface area contributed by atoms with Gasteiger partial charge in [0, 0.05) is 12.6 Å². The number of morpholine rings is 1. The SMILES string of the molecule is CC1CO[CH]CN1C1COC1. The van der Waals surface area contributed by atoms with E-state index in [2.05, 4.69) is 11.8 Å². The monoisotopic (exact) mass is 156 g/mol. The Morgan fingerprint density at radius 3 is 2.73 bits per heavy atom. The minimum absolute atomic E-state index is 0.550. The normalized spacial score (nSPS) is 35.2. The molecule has 0 aromatic heterocycles. The molecule has 63 valence electrons. The van der Waals surface area contributed by atoms with Gasteiger partial charge in [0.2, 0.25) is 0 Å². The van der Waals surface area contributed by atoms with Crippen molar-refractivity contribution in [3.05, 3.63) is 6.61 Å². The fourth-order valence-corrected chi connectivity index (χ4v) is 1.55. The first-order chi connectivity index (χ1) is 5.38. The molecule has 0 N–H and O–H groups in total. The van der Waals surface area contributed by atoms with E-state index in [1.54, 1.807) is 0 Å². The molecule has 2 saturated heterocycles. The van der Waals surface area contributed by atoms with Crippen molar-refractivity contribution < 1.29 is 9.47 Å². The van der Waals surface area contributed by atoms with E-state index in [9.17, 15) is 0 Å². The maximum atomic E-state index is 5.22. The fourth-order valence-electron chi connectivity index (χ4n) is 1.55. The number of hydrogen-bond acceptors (Lipinski definition) is 3. The second-order valence-corrected chi connectivity index (χ2v) is 3.24. The Morgan fingerprint density at radius 1 is 1.36 bits per heavy atom. The molecule has 2 rings (SSSR count). The third-order valence-corrected chi connectivity index (χ3v) is 2.40. The van der Waals surface area contributed by atoms with Crippen LogP contribution >= 0.6 is 0 Å². The van der Waals surface area contributed by atoms with E-state index in [1.807, 2.05) is 6.61 Å². The summed E-state index contributed by atoms with van der Waals surface area (Å²) >= 11 is 0. The summed E-state index contributed by atoms with van der Waals surface area (Å²) in [5.41, 5.74) is 0. The smallest absolute Gasteiger partial charge is 0.0976 e. The quantitative estimate of drug-likeness (QED) is 0.544. The average molecular weight is 156 g/mol. The first-order valence-corrected chi connectivity index (χ1v) is 4.14. The minimum atomic E-state index is 0.550. The molecule has 0 bridgehead atoms. The van der Waals surface area contributed by atoms with Crippen LogP contribution in [0, 0.1) is 6.61 Å². The fraction of sp³-hybridized carbons (Fsp3) is 0.875. The van der Waals surface area contributed by atoms with E-state index in [0.29, 0.717) is 12.1 Å². The van der Waals surface area contributed by atoms with E-state index in [0.717, 1.165) is 26.4 Å². The Hall–Kier alpha value is -0.120. The molecule has 11 heavy (non-hydrogen) atoms. The molecule has 0 saturated carbocycles. The van der Waals surface area contributed by atoms with Crippen molar-refractivity contribution in [1.82, 2.24) is 4.90 Å². The Balaban J connectivity index is 1.88. The van der Waals surface area contributed by atoms with Crippen LogP contribution in [0.25, 0.3) is 0 Å². The van der Waals surface area contributed by atoms with Crippen molar-refractivity contribution in [2.45, 2.75) is 19.0 Å². The van der Waals surface area contributed by atoms with Gasteiger partial charge >= 0.3 is 0 Å². The molecule has 0 aromatic rings. The van der Waals surface area contributed by atoms with Crippen molar-refractivity contribution in [2.24, 2.45) is 0 Å². The van der Waals surface area contributed by atoms with Gasteiger partial charge in [-0.3, -0.25) is 4.90 Å². The molecule has 1 radical (unpaired) electrons. The van der Waals surface area contributed by atoms with Gasteiger partial charge in [0.05, 0.1) is 32.5 Å². The van der Waals surface area contributed by atoms with Crippen LogP contribution in [0.2, 0.25) is 0 Å². The third kappa shape index (κ3) is 1.41. The molecule has 0 spiro atoms. The predicted octanol–water partition coefficient (Wildman–Crippen LogP) is 0.268. The zero-order valence-corrected chi connectivity index (χ0v) is 6.82. The standard InChI is InChI=1S/C8H14NO2/c1-7-4-10-3-2-9(7)8-5-11-6-8/h3,7-8H,2,4-6H2,1H3. The van der Waals surface area contributed by atoms with Crippen LogP contribution in [0.3, 0.4) is 0 Å². The zero-order chi connectivity index (χ0) is 7.68. The summed E-state index contributed by atoms with van der Waals surface area (Å²) < 4.78 is 10.4. The summed E-state index contributed by atoms with van der Waals surface area (Å²) in [6.45, 7) is 7.67. The second kappa shape index (κ2) is 3.09. The zero-order valence-electron chi connectivity index (χ0n) is 6.82. The lowest BCUT2D eigenvalue weighted by atomic mass is 10.1. The number of hydrogen-bond donors (Lipinski definition) is 0. The van der Waals surface area contributed by atoms with Crippen LogP contribution in [-0.2, 0) is 9.47 Å². The number of rotatable bonds is 1. The lowest BCUT2D eigenvalue weighted by Crippen LogP contribution is -2.55. The maximum Gasteiger partial charge on any atom is 0.0976 e. The summed E-state index contributed by atoms with van der Waals surface area (Å²) in [5.74, 6) is 0. The van der Waals surface area contributed by atoms with Gasteiger partial charge in [-0.2, -0.15) is 0 Å². The summed E-state index contributed by atoms with van der Waals surface area (Å²) in [6.07, 6.45) is 0. The van der Waals surface area contributed by atoms with Crippen LogP contribution in [0.5, 0.6) is 0 Å². The first kappa shape index (κ1) is 7.53. The van der Waals surface area contributed by atoms with Crippen molar-refractivity contribution in [3.8, 4) is 0 Å². The molecule has 3 nitrogen and oxygen atoms in total. The van der Waals surface area contributed by atoms with E-state index in [1.165, 1.54) is 0 Å². The van der Waals surface area contributed by atoms with E-state index in [-0.39, 0.29) is 0 Å². The van der Waals surface area contributed by atoms with Crippen molar-refractivity contribution in [2.75, 3.05) is 26.4 Å². The maximum absolute atomic E-state index is 5.22. The molecular formula is C8H14NO2. The highest BCUT2D eigenvalue weighted by Crippen LogP contribution is 2.17. The molecule has 0 aromatic carbocycles. The van der Waals surface area contributed by atoms with Crippen molar-refractivity contribution in [3.63, 3.8) is 0 Å². The Labute approximate surface area is 67.3 Å². The van der Waals surface area contributed by atoms with Crippen LogP contribution in [0.1, 0.15) is 6.92 Å². The van der Waals surface area contributed by atoms with Gasteiger partial charge < -0.3 is 9.47 Å². The largest absolute Gasteiger partial charge is 0.378 e. The lowest BCUT2D eigenvalue weighted by molar-refractivity contribution is -0.100. The number of ether oxygens (including phenoxy) is 2. The molecule has 3 heteroatoms. The Bertz CT molecular complexity index is 134. The van der Waals surface area contributed by atoms with E-state index >= 15 is 0 Å². The highest BCUT2D eigenvalue weighted by Gasteiger charge is 2.31. The molecule has 1 atom stereocenters. The highest BCUT2D eigenvalue weighted by atomic mass is 16.5. The van der Waals surface area contributed by atoms with Crippen LogP contribution < -0.4 is 0 Å². The molecule has 2 heterocycles. The second-order valence-electron chi connectivity index (χ2n) is 3.24. The van der Waals surface area contributed by atoms with Gasteiger partial charge in [-0.15, -0.1) is 0 Å². The highest BCUT2D eigenvalue weighted by molar-refractivity contribution is 4.85. The van der Waals surface area contributed by atoms with Gasteiger partial charge in [0.1, 0.15) is 0 Å². The average Bonchev–Trinajstić information content (AvgIpc) is 1.90. The molecule has 2 fully saturated rings. The Kier molecular flexibility index (Phi) is 2.11. The summed E-state index contributed by atoms with van der Waals surface area (Å²) in [4.78, 5) is 2.44. The van der Waals surface area contributed by atoms with Crippen LogP contribution in [0.15, 0.2) is 0 Å². The molecule has 2 aliphatic rings. The number of nitrogens with zero attached hydrogens (tertiary/aromatic N) is 1. The predicted molar refractivity (Wildman–Crippen MR) is 41.0 cm³/mol. The molecule has 1 unspecified atom stereocenters.